The molecule has 6 aliphatic heterocycles. The minimum atomic E-state index is -5.36. The van der Waals surface area contributed by atoms with Gasteiger partial charge in [0.2, 0.25) is 6.79 Å². The Hall–Kier alpha value is -5.62. The number of fused-ring (bicyclic) bond motifs is 7. The van der Waals surface area contributed by atoms with E-state index >= 15 is 0 Å². The van der Waals surface area contributed by atoms with Crippen molar-refractivity contribution in [3.8, 4) is 46.3 Å². The highest BCUT2D eigenvalue weighted by Crippen LogP contribution is 2.59. The van der Waals surface area contributed by atoms with Gasteiger partial charge in [0.15, 0.2) is 40.0 Å². The summed E-state index contributed by atoms with van der Waals surface area (Å²) in [5, 5.41) is 25.1. The first-order valence-corrected chi connectivity index (χ1v) is 22.4. The lowest BCUT2D eigenvalue weighted by Gasteiger charge is -2.50. The van der Waals surface area contributed by atoms with E-state index in [2.05, 4.69) is 11.4 Å². The summed E-state index contributed by atoms with van der Waals surface area (Å²) in [7, 11) is 4.70. The average Bonchev–Trinajstić information content (AvgIpc) is 3.74. The van der Waals surface area contributed by atoms with Gasteiger partial charge in [0.05, 0.1) is 26.3 Å². The summed E-state index contributed by atoms with van der Waals surface area (Å²) in [6, 6.07) is 4.70. The second-order valence-electron chi connectivity index (χ2n) is 18.0. The molecule has 2 N–H and O–H groups in total. The summed E-state index contributed by atoms with van der Waals surface area (Å²) in [5.74, 6) is -2.82. The van der Waals surface area contributed by atoms with E-state index < -0.39 is 71.4 Å². The first kappa shape index (κ1) is 46.9. The maximum Gasteiger partial charge on any atom is 0.514 e. The Morgan fingerprint density at radius 2 is 1.73 bits per heavy atom. The number of methoxy groups -OCH3 is 2. The largest absolute Gasteiger partial charge is 0.514 e. The SMILES string of the molecule is COc1cc2c(cc1OC(=O)OC(C)(C)C)CCN[C@]21CS[C@H]2CN([C@@H](C#N)[C@@H]3Cc4cc(C)c(OC)c(O)c4[C@H](C)N3C)C(COC1=O)c1c3c(c(C)c(OC(=O)C(F)(F)F)c12)OCO3. The predicted octanol–water partition coefficient (Wildman–Crippen LogP) is 6.78. The number of carbonyl (C=O) groups is 3. The van der Waals surface area contributed by atoms with Crippen LogP contribution in [-0.4, -0.2) is 110 Å². The number of carbonyl (C=O) groups excluding carboxylic acids is 3. The van der Waals surface area contributed by atoms with Crippen LogP contribution >= 0.6 is 11.8 Å². The number of phenolic OH excluding ortho intramolecular Hbond substituents is 1. The monoisotopic (exact) mass is 940 g/mol. The maximum atomic E-state index is 15.0. The molecule has 0 aliphatic carbocycles. The van der Waals surface area contributed by atoms with Crippen LogP contribution < -0.4 is 33.7 Å². The minimum Gasteiger partial charge on any atom is -0.504 e. The van der Waals surface area contributed by atoms with Crippen LogP contribution in [0.4, 0.5) is 18.0 Å². The smallest absolute Gasteiger partial charge is 0.504 e. The second-order valence-corrected chi connectivity index (χ2v) is 19.2. The van der Waals surface area contributed by atoms with Crippen LogP contribution in [0.1, 0.15) is 89.5 Å². The summed E-state index contributed by atoms with van der Waals surface area (Å²) in [6.07, 6.45) is -5.60. The normalized spacial score (nSPS) is 24.3. The van der Waals surface area contributed by atoms with E-state index in [9.17, 15) is 37.9 Å². The molecule has 1 fully saturated rings. The van der Waals surface area contributed by atoms with Crippen molar-refractivity contribution >= 4 is 29.9 Å². The lowest BCUT2D eigenvalue weighted by Crippen LogP contribution is -2.59. The van der Waals surface area contributed by atoms with Gasteiger partial charge in [0, 0.05) is 58.4 Å². The molecular weight excluding hydrogens is 890 g/mol. The minimum absolute atomic E-state index is 0.00866. The van der Waals surface area contributed by atoms with Crippen molar-refractivity contribution < 1.29 is 70.6 Å². The lowest BCUT2D eigenvalue weighted by atomic mass is 9.81. The molecule has 6 aliphatic rings. The van der Waals surface area contributed by atoms with E-state index in [4.69, 9.17) is 37.9 Å². The number of hydrogen-bond donors (Lipinski definition) is 2. The fourth-order valence-electron chi connectivity index (χ4n) is 9.96. The number of nitrogens with zero attached hydrogens (tertiary/aromatic N) is 3. The third-order valence-corrected chi connectivity index (χ3v) is 14.4. The highest BCUT2D eigenvalue weighted by molar-refractivity contribution is 7.99. The van der Waals surface area contributed by atoms with E-state index in [1.165, 1.54) is 32.9 Å². The highest BCUT2D eigenvalue weighted by Gasteiger charge is 2.54. The quantitative estimate of drug-likeness (QED) is 0.150. The fraction of sp³-hybridized carbons (Fsp3) is 0.522. The van der Waals surface area contributed by atoms with E-state index in [1.807, 2.05) is 36.8 Å². The Morgan fingerprint density at radius 3 is 2.39 bits per heavy atom. The summed E-state index contributed by atoms with van der Waals surface area (Å²) >= 11 is 1.20. The van der Waals surface area contributed by atoms with E-state index in [1.54, 1.807) is 32.9 Å². The number of alkyl halides is 3. The van der Waals surface area contributed by atoms with Gasteiger partial charge >= 0.3 is 24.3 Å². The number of thioether (sulfide) groups is 1. The number of nitrogens with one attached hydrogen (secondary N) is 1. The van der Waals surface area contributed by atoms with Gasteiger partial charge in [-0.15, -0.1) is 11.8 Å². The van der Waals surface area contributed by atoms with Crippen LogP contribution in [0.3, 0.4) is 0 Å². The van der Waals surface area contributed by atoms with Gasteiger partial charge in [-0.1, -0.05) is 6.07 Å². The van der Waals surface area contributed by atoms with Crippen LogP contribution in [0.5, 0.6) is 40.2 Å². The van der Waals surface area contributed by atoms with Crippen molar-refractivity contribution in [2.75, 3.05) is 53.5 Å². The van der Waals surface area contributed by atoms with Crippen molar-refractivity contribution in [3.63, 3.8) is 0 Å². The van der Waals surface area contributed by atoms with Crippen LogP contribution in [-0.2, 0) is 37.4 Å². The number of nitriles is 1. The molecule has 354 valence electrons. The molecule has 0 saturated carbocycles. The fourth-order valence-corrected chi connectivity index (χ4v) is 11.5. The molecule has 0 aromatic heterocycles. The third kappa shape index (κ3) is 7.96. The van der Waals surface area contributed by atoms with E-state index in [-0.39, 0.29) is 76.8 Å². The Morgan fingerprint density at radius 1 is 1.00 bits per heavy atom. The Bertz CT molecular complexity index is 2540. The van der Waals surface area contributed by atoms with Gasteiger partial charge in [0.1, 0.15) is 24.0 Å². The number of aromatic hydroxyl groups is 1. The highest BCUT2D eigenvalue weighted by atomic mass is 32.2. The number of halogens is 3. The van der Waals surface area contributed by atoms with Crippen molar-refractivity contribution in [1.29, 1.82) is 5.26 Å². The molecule has 0 radical (unpaired) electrons. The van der Waals surface area contributed by atoms with E-state index in [0.29, 0.717) is 40.8 Å². The zero-order valence-corrected chi connectivity index (χ0v) is 38.7. The third-order valence-electron chi connectivity index (χ3n) is 13.0. The molecule has 66 heavy (non-hydrogen) atoms. The van der Waals surface area contributed by atoms with Crippen molar-refractivity contribution in [2.24, 2.45) is 0 Å². The summed E-state index contributed by atoms with van der Waals surface area (Å²) in [6.45, 7) is 9.84. The number of aryl methyl sites for hydroxylation is 1. The first-order valence-electron chi connectivity index (χ1n) is 21.3. The second kappa shape index (κ2) is 17.2. The summed E-state index contributed by atoms with van der Waals surface area (Å²) < 4.78 is 87.8. The van der Waals surface area contributed by atoms with Gasteiger partial charge in [-0.2, -0.15) is 18.4 Å². The number of ether oxygens (including phenoxy) is 8. The van der Waals surface area contributed by atoms with Gasteiger partial charge < -0.3 is 43.0 Å². The Labute approximate surface area is 383 Å². The van der Waals surface area contributed by atoms with Crippen LogP contribution in [0.2, 0.25) is 0 Å². The molecule has 16 nitrogen and oxygen atoms in total. The average molecular weight is 941 g/mol. The molecule has 2 bridgehead atoms. The molecule has 3 aromatic carbocycles. The zero-order chi connectivity index (χ0) is 47.8. The number of esters is 2. The number of phenols is 1. The number of rotatable bonds is 6. The van der Waals surface area contributed by atoms with Gasteiger partial charge in [-0.25, -0.2) is 14.4 Å². The molecule has 3 aromatic rings. The zero-order valence-electron chi connectivity index (χ0n) is 37.9. The molecule has 20 heteroatoms. The van der Waals surface area contributed by atoms with Crippen molar-refractivity contribution in [3.05, 3.63) is 62.7 Å². The van der Waals surface area contributed by atoms with E-state index in [0.717, 1.165) is 5.56 Å². The Kier molecular flexibility index (Phi) is 12.2. The predicted molar refractivity (Wildman–Crippen MR) is 230 cm³/mol. The molecule has 1 spiro atoms. The molecular formula is C46H51F3N4O12S. The molecule has 6 heterocycles. The molecule has 9 rings (SSSR count). The van der Waals surface area contributed by atoms with Crippen LogP contribution in [0, 0.1) is 25.2 Å². The molecule has 1 unspecified atom stereocenters. The van der Waals surface area contributed by atoms with Gasteiger partial charge in [0.25, 0.3) is 0 Å². The van der Waals surface area contributed by atoms with Crippen LogP contribution in [0.15, 0.2) is 18.2 Å². The Balaban J connectivity index is 1.26. The number of hydrogen-bond acceptors (Lipinski definition) is 17. The number of benzene rings is 3. The summed E-state index contributed by atoms with van der Waals surface area (Å²) in [5.41, 5.74) is 1.41. The summed E-state index contributed by atoms with van der Waals surface area (Å²) in [4.78, 5) is 44.3. The van der Waals surface area contributed by atoms with Crippen molar-refractivity contribution in [1.82, 2.24) is 15.1 Å². The van der Waals surface area contributed by atoms with Crippen LogP contribution in [0.25, 0.3) is 0 Å². The molecule has 1 saturated heterocycles. The lowest BCUT2D eigenvalue weighted by molar-refractivity contribution is -0.189. The first-order chi connectivity index (χ1) is 31.1. The number of likely N-dealkylation sites (N-methyl/N-ethyl adjacent to an activating group) is 1. The van der Waals surface area contributed by atoms with Crippen molar-refractivity contribution in [2.45, 2.75) is 101 Å². The molecule has 0 amide bonds. The standard InChI is InChI=1S/C46H51F3N4O12S/c1-21-12-25-13-27(52(7)23(3)33(25)36(54)37(21)59-9)28(16-50)53-17-32-35-34(40-39(61-20-62-40)22(2)38(35)64-42(56)46(47,48)49)29(53)18-60-41(55)45(19-66-32)26-15-30(58-8)31(14-24(26)10-11-51-45)63-43(57)65-44(4,5)6/h12,14-15,23,27-29,32,51,54H,10-11,13,17-20H2,1-9H3/t23-,27-,28-,29?,32-,45+/m0/s1. The van der Waals surface area contributed by atoms with Gasteiger partial charge in [-0.3, -0.25) is 15.1 Å². The maximum absolute atomic E-state index is 15.0. The van der Waals surface area contributed by atoms with Gasteiger partial charge in [-0.05, 0) is 95.8 Å². The molecule has 6 atom stereocenters. The topological polar surface area (TPSA) is 188 Å².